The van der Waals surface area contributed by atoms with Gasteiger partial charge in [-0.2, -0.15) is 5.10 Å². The standard InChI is InChI=1S/C26H28F5N5O2/c1-9(2)20-18-23(17-14-8-33-21(10(3)37)16(14)17)35-36(12-4-5-12)24(18)19(28)22(34-20)13-6-11(32)7-15(27)25(13)38-26(29,30)31/h6-7,9-10,12,14,16-17,21,33,37H,4-5,8,32H2,1-3H3/t10?,14-,16+,17+,21+/m0/s1. The number of pyridine rings is 1. The maximum atomic E-state index is 16.4. The number of aliphatic hydroxyl groups excluding tert-OH is 1. The van der Waals surface area contributed by atoms with E-state index in [0.717, 1.165) is 18.9 Å². The predicted molar refractivity (Wildman–Crippen MR) is 130 cm³/mol. The Balaban J connectivity index is 1.59. The van der Waals surface area contributed by atoms with Crippen LogP contribution in [0.1, 0.15) is 62.9 Å². The van der Waals surface area contributed by atoms with Crippen molar-refractivity contribution in [2.45, 2.75) is 70.0 Å². The summed E-state index contributed by atoms with van der Waals surface area (Å²) in [6.07, 6.45) is -4.21. The van der Waals surface area contributed by atoms with Crippen molar-refractivity contribution in [2.75, 3.05) is 12.3 Å². The molecule has 0 bridgehead atoms. The lowest BCUT2D eigenvalue weighted by Gasteiger charge is -2.19. The Kier molecular flexibility index (Phi) is 5.66. The summed E-state index contributed by atoms with van der Waals surface area (Å²) >= 11 is 0. The lowest BCUT2D eigenvalue weighted by molar-refractivity contribution is -0.275. The normalized spacial score (nSPS) is 25.7. The van der Waals surface area contributed by atoms with Crippen LogP contribution in [0.3, 0.4) is 0 Å². The van der Waals surface area contributed by atoms with Crippen molar-refractivity contribution >= 4 is 16.6 Å². The number of fused-ring (bicyclic) bond motifs is 2. The molecule has 7 nitrogen and oxygen atoms in total. The van der Waals surface area contributed by atoms with E-state index in [1.54, 1.807) is 11.6 Å². The van der Waals surface area contributed by atoms with E-state index in [1.165, 1.54) is 0 Å². The van der Waals surface area contributed by atoms with Gasteiger partial charge in [-0.3, -0.25) is 4.68 Å². The Morgan fingerprint density at radius 2 is 1.89 bits per heavy atom. The Hall–Kier alpha value is -2.99. The third-order valence-electron chi connectivity index (χ3n) is 7.89. The molecule has 2 aliphatic carbocycles. The Bertz CT molecular complexity index is 1430. The summed E-state index contributed by atoms with van der Waals surface area (Å²) in [7, 11) is 0. The molecule has 3 fully saturated rings. The van der Waals surface area contributed by atoms with Gasteiger partial charge in [0, 0.05) is 29.1 Å². The number of hydrogen-bond acceptors (Lipinski definition) is 6. The monoisotopic (exact) mass is 537 g/mol. The topological polar surface area (TPSA) is 98.2 Å². The minimum atomic E-state index is -5.21. The van der Waals surface area contributed by atoms with E-state index in [4.69, 9.17) is 10.8 Å². The third kappa shape index (κ3) is 4.00. The quantitative estimate of drug-likeness (QED) is 0.303. The maximum absolute atomic E-state index is 16.4. The summed E-state index contributed by atoms with van der Waals surface area (Å²) in [5.74, 6) is -3.35. The minimum absolute atomic E-state index is 0.00293. The predicted octanol–water partition coefficient (Wildman–Crippen LogP) is 5.00. The molecule has 0 spiro atoms. The van der Waals surface area contributed by atoms with Gasteiger partial charge in [0.25, 0.3) is 0 Å². The summed E-state index contributed by atoms with van der Waals surface area (Å²) in [6.45, 7) is 6.13. The second-order valence-corrected chi connectivity index (χ2v) is 11.0. The van der Waals surface area contributed by atoms with Gasteiger partial charge >= 0.3 is 6.36 Å². The van der Waals surface area contributed by atoms with Gasteiger partial charge in [0.2, 0.25) is 0 Å². The molecule has 6 rings (SSSR count). The van der Waals surface area contributed by atoms with Gasteiger partial charge in [-0.1, -0.05) is 13.8 Å². The number of benzene rings is 1. The first-order valence-electron chi connectivity index (χ1n) is 12.8. The van der Waals surface area contributed by atoms with Crippen LogP contribution in [0.15, 0.2) is 12.1 Å². The fourth-order valence-electron chi connectivity index (χ4n) is 6.11. The number of nitrogen functional groups attached to an aromatic ring is 1. The Morgan fingerprint density at radius 1 is 1.18 bits per heavy atom. The third-order valence-corrected chi connectivity index (χ3v) is 7.89. The van der Waals surface area contributed by atoms with Crippen molar-refractivity contribution < 1.29 is 31.8 Å². The largest absolute Gasteiger partial charge is 0.573 e. The summed E-state index contributed by atoms with van der Waals surface area (Å²) in [5.41, 5.74) is 5.85. The smallest absolute Gasteiger partial charge is 0.402 e. The highest BCUT2D eigenvalue weighted by Gasteiger charge is 2.61. The molecule has 3 aliphatic rings. The van der Waals surface area contributed by atoms with E-state index in [2.05, 4.69) is 15.0 Å². The van der Waals surface area contributed by atoms with Crippen molar-refractivity contribution in [2.24, 2.45) is 11.8 Å². The van der Waals surface area contributed by atoms with E-state index >= 15 is 4.39 Å². The molecule has 38 heavy (non-hydrogen) atoms. The number of nitrogens with zero attached hydrogens (tertiary/aromatic N) is 3. The molecule has 1 aliphatic heterocycles. The maximum Gasteiger partial charge on any atom is 0.573 e. The van der Waals surface area contributed by atoms with E-state index in [0.29, 0.717) is 29.4 Å². The second-order valence-electron chi connectivity index (χ2n) is 11.0. The number of alkyl halides is 3. The summed E-state index contributed by atoms with van der Waals surface area (Å²) in [6, 6.07) is 1.57. The number of rotatable bonds is 6. The van der Waals surface area contributed by atoms with Gasteiger partial charge in [-0.25, -0.2) is 13.8 Å². The minimum Gasteiger partial charge on any atom is -0.402 e. The molecule has 2 aromatic heterocycles. The number of nitrogens with two attached hydrogens (primary N) is 1. The van der Waals surface area contributed by atoms with Crippen LogP contribution in [-0.2, 0) is 0 Å². The number of aliphatic hydroxyl groups is 1. The summed E-state index contributed by atoms with van der Waals surface area (Å²) < 4.78 is 76.3. The van der Waals surface area contributed by atoms with Crippen molar-refractivity contribution in [1.82, 2.24) is 20.1 Å². The van der Waals surface area contributed by atoms with Gasteiger partial charge in [-0.05, 0) is 50.1 Å². The average molecular weight is 538 g/mol. The lowest BCUT2D eigenvalue weighted by atomic mass is 9.97. The first-order chi connectivity index (χ1) is 17.9. The summed E-state index contributed by atoms with van der Waals surface area (Å²) in [4.78, 5) is 4.49. The molecule has 0 radical (unpaired) electrons. The highest BCUT2D eigenvalue weighted by atomic mass is 19.4. The van der Waals surface area contributed by atoms with E-state index in [-0.39, 0.29) is 47.0 Å². The van der Waals surface area contributed by atoms with Crippen LogP contribution in [-0.4, -0.2) is 44.9 Å². The zero-order valence-electron chi connectivity index (χ0n) is 21.0. The number of halogens is 5. The van der Waals surface area contributed by atoms with Crippen LogP contribution < -0.4 is 15.8 Å². The molecule has 2 saturated carbocycles. The molecule has 3 heterocycles. The number of ether oxygens (including phenoxy) is 1. The van der Waals surface area contributed by atoms with Crippen LogP contribution in [0.25, 0.3) is 22.2 Å². The van der Waals surface area contributed by atoms with Gasteiger partial charge < -0.3 is 20.9 Å². The van der Waals surface area contributed by atoms with Crippen LogP contribution in [0.5, 0.6) is 5.75 Å². The van der Waals surface area contributed by atoms with Gasteiger partial charge in [0.1, 0.15) is 11.2 Å². The average Bonchev–Trinajstić information content (AvgIpc) is 3.70. The lowest BCUT2D eigenvalue weighted by Crippen LogP contribution is -2.37. The molecule has 1 unspecified atom stereocenters. The van der Waals surface area contributed by atoms with Crippen molar-refractivity contribution in [3.05, 3.63) is 35.2 Å². The van der Waals surface area contributed by atoms with Gasteiger partial charge in [0.15, 0.2) is 17.4 Å². The molecule has 1 aromatic carbocycles. The fraction of sp³-hybridized carbons (Fsp3) is 0.538. The fourth-order valence-corrected chi connectivity index (χ4v) is 6.11. The molecular formula is C26H28F5N5O2. The molecule has 0 amide bonds. The first kappa shape index (κ1) is 25.3. The molecule has 204 valence electrons. The zero-order chi connectivity index (χ0) is 27.3. The number of hydrogen-bond donors (Lipinski definition) is 3. The van der Waals surface area contributed by atoms with E-state index in [9.17, 15) is 22.7 Å². The molecular weight excluding hydrogens is 509 g/mol. The molecule has 12 heteroatoms. The van der Waals surface area contributed by atoms with Crippen molar-refractivity contribution in [1.29, 1.82) is 0 Å². The highest BCUT2D eigenvalue weighted by Crippen LogP contribution is 2.61. The molecule has 3 aromatic rings. The number of nitrogens with one attached hydrogen (secondary N) is 1. The highest BCUT2D eigenvalue weighted by molar-refractivity contribution is 5.91. The van der Waals surface area contributed by atoms with Crippen LogP contribution >= 0.6 is 0 Å². The Morgan fingerprint density at radius 3 is 2.50 bits per heavy atom. The number of anilines is 1. The van der Waals surface area contributed by atoms with E-state index in [1.807, 2.05) is 13.8 Å². The van der Waals surface area contributed by atoms with Crippen molar-refractivity contribution in [3.63, 3.8) is 0 Å². The van der Waals surface area contributed by atoms with Crippen LogP contribution in [0.4, 0.5) is 27.6 Å². The van der Waals surface area contributed by atoms with E-state index < -0.39 is 41.1 Å². The number of piperidine rings is 1. The molecule has 1 saturated heterocycles. The van der Waals surface area contributed by atoms with Gasteiger partial charge in [0.05, 0.1) is 29.1 Å². The zero-order valence-corrected chi connectivity index (χ0v) is 21.0. The molecule has 4 N–H and O–H groups in total. The number of aromatic nitrogens is 3. The SMILES string of the molecule is CC(C)c1nc(-c2cc(N)cc(F)c2OC(F)(F)F)c(F)c2c1c([C@@H]1[C@H]3CN[C@H](C(C)O)[C@H]31)nn2C1CC1. The second kappa shape index (κ2) is 8.51. The van der Waals surface area contributed by atoms with Gasteiger partial charge in [-0.15, -0.1) is 13.2 Å². The summed E-state index contributed by atoms with van der Waals surface area (Å²) in [5, 5.41) is 19.0. The van der Waals surface area contributed by atoms with Crippen LogP contribution in [0, 0.1) is 23.5 Å². The Labute approximate surface area is 215 Å². The van der Waals surface area contributed by atoms with Crippen LogP contribution in [0.2, 0.25) is 0 Å². The molecule has 5 atom stereocenters. The van der Waals surface area contributed by atoms with Crippen molar-refractivity contribution in [3.8, 4) is 17.0 Å². The first-order valence-corrected chi connectivity index (χ1v) is 12.8.